The van der Waals surface area contributed by atoms with E-state index >= 15 is 8.78 Å². The number of nitrogens with two attached hydrogens (primary N) is 1. The Morgan fingerprint density at radius 1 is 1.14 bits per heavy atom. The average Bonchev–Trinajstić information content (AvgIpc) is 3.89. The first kappa shape index (κ1) is 31.2. The van der Waals surface area contributed by atoms with Crippen molar-refractivity contribution < 1.29 is 27.8 Å². The SMILES string of the molecule is N#Cc1c(N)sc2c(F)cnc(-c3c4c(c5c(N6C7CCC6CN(CCO)C7)nc(OC[C@@]67CCCN6C[C@H](F)C7)nc5c3F)COC4)c12. The second-order valence-corrected chi connectivity index (χ2v) is 15.0. The number of halogens is 3. The molecule has 2 bridgehead atoms. The number of aromatic nitrogens is 3. The van der Waals surface area contributed by atoms with Gasteiger partial charge in [0.05, 0.1) is 52.9 Å². The van der Waals surface area contributed by atoms with Crippen LogP contribution in [0.1, 0.15) is 48.8 Å². The van der Waals surface area contributed by atoms with Crippen molar-refractivity contribution in [1.82, 2.24) is 24.8 Å². The van der Waals surface area contributed by atoms with Crippen molar-refractivity contribution in [3.63, 3.8) is 0 Å². The van der Waals surface area contributed by atoms with E-state index < -0.39 is 23.3 Å². The number of aliphatic hydroxyl groups excluding tert-OH is 1. The van der Waals surface area contributed by atoms with Crippen molar-refractivity contribution in [3.8, 4) is 23.3 Å². The summed E-state index contributed by atoms with van der Waals surface area (Å²) in [6.45, 7) is 3.70. The molecule has 8 heterocycles. The van der Waals surface area contributed by atoms with Crippen LogP contribution in [-0.4, -0.2) is 99.6 Å². The summed E-state index contributed by atoms with van der Waals surface area (Å²) >= 11 is 0.926. The monoisotopic (exact) mass is 692 g/mol. The molecule has 0 spiro atoms. The van der Waals surface area contributed by atoms with Gasteiger partial charge in [0.1, 0.15) is 35.2 Å². The predicted molar refractivity (Wildman–Crippen MR) is 177 cm³/mol. The third kappa shape index (κ3) is 4.71. The zero-order valence-electron chi connectivity index (χ0n) is 26.7. The van der Waals surface area contributed by atoms with Crippen LogP contribution >= 0.6 is 11.3 Å². The van der Waals surface area contributed by atoms with Crippen LogP contribution in [0.25, 0.3) is 32.2 Å². The van der Waals surface area contributed by atoms with E-state index in [1.165, 1.54) is 0 Å². The Morgan fingerprint density at radius 2 is 1.94 bits per heavy atom. The molecule has 4 fully saturated rings. The van der Waals surface area contributed by atoms with Crippen molar-refractivity contribution >= 4 is 43.1 Å². The van der Waals surface area contributed by atoms with Gasteiger partial charge in [0.25, 0.3) is 0 Å². The molecule has 11 nitrogen and oxygen atoms in total. The smallest absolute Gasteiger partial charge is 0.319 e. The zero-order chi connectivity index (χ0) is 33.6. The van der Waals surface area contributed by atoms with Crippen molar-refractivity contribution in [2.45, 2.75) is 69.1 Å². The summed E-state index contributed by atoms with van der Waals surface area (Å²) in [5.74, 6) is -0.781. The molecule has 0 radical (unpaired) electrons. The molecule has 0 aliphatic carbocycles. The number of aliphatic hydroxyl groups is 1. The molecular weight excluding hydrogens is 657 g/mol. The molecule has 5 aliphatic heterocycles. The lowest BCUT2D eigenvalue weighted by molar-refractivity contribution is 0.107. The minimum Gasteiger partial charge on any atom is -0.461 e. The number of pyridine rings is 1. The highest BCUT2D eigenvalue weighted by molar-refractivity contribution is 7.23. The number of rotatable bonds is 7. The number of hydrogen-bond donors (Lipinski definition) is 2. The Morgan fingerprint density at radius 3 is 2.71 bits per heavy atom. The van der Waals surface area contributed by atoms with Gasteiger partial charge in [-0.25, -0.2) is 13.2 Å². The van der Waals surface area contributed by atoms with E-state index in [2.05, 4.69) is 25.8 Å². The number of nitrogen functional groups attached to an aromatic ring is 1. The summed E-state index contributed by atoms with van der Waals surface area (Å²) in [6, 6.07) is 2.21. The first-order valence-corrected chi connectivity index (χ1v) is 17.6. The lowest BCUT2D eigenvalue weighted by Crippen LogP contribution is -2.54. The second kappa shape index (κ2) is 11.6. The van der Waals surface area contributed by atoms with E-state index in [0.29, 0.717) is 41.8 Å². The topological polar surface area (TPSA) is 137 Å². The average molecular weight is 693 g/mol. The molecule has 0 saturated carbocycles. The third-order valence-electron chi connectivity index (χ3n) is 11.3. The van der Waals surface area contributed by atoms with E-state index in [1.807, 2.05) is 0 Å². The number of piperazine rings is 1. The van der Waals surface area contributed by atoms with Crippen LogP contribution in [0.3, 0.4) is 0 Å². The van der Waals surface area contributed by atoms with Crippen molar-refractivity contribution in [1.29, 1.82) is 5.26 Å². The van der Waals surface area contributed by atoms with Gasteiger partial charge >= 0.3 is 6.01 Å². The number of nitriles is 1. The van der Waals surface area contributed by atoms with Crippen molar-refractivity contribution in [2.24, 2.45) is 0 Å². The first-order valence-electron chi connectivity index (χ1n) is 16.8. The fraction of sp³-hybridized carbons (Fsp3) is 0.529. The number of alkyl halides is 1. The molecule has 1 aromatic carbocycles. The van der Waals surface area contributed by atoms with Gasteiger partial charge in [-0.2, -0.15) is 15.2 Å². The molecule has 49 heavy (non-hydrogen) atoms. The maximum absolute atomic E-state index is 17.4. The number of fused-ring (bicyclic) bond motifs is 7. The Kier molecular flexibility index (Phi) is 7.40. The van der Waals surface area contributed by atoms with E-state index in [4.69, 9.17) is 25.2 Å². The van der Waals surface area contributed by atoms with Crippen LogP contribution in [0.2, 0.25) is 0 Å². The number of likely N-dealkylation sites (tertiary alicyclic amines) is 1. The molecule has 0 amide bonds. The van der Waals surface area contributed by atoms with Gasteiger partial charge in [-0.3, -0.25) is 14.8 Å². The van der Waals surface area contributed by atoms with Crippen LogP contribution in [0, 0.1) is 23.0 Å². The van der Waals surface area contributed by atoms with E-state index in [1.54, 1.807) is 0 Å². The summed E-state index contributed by atoms with van der Waals surface area (Å²) < 4.78 is 59.5. The minimum atomic E-state index is -0.935. The number of thiophene rings is 1. The van der Waals surface area contributed by atoms with Crippen molar-refractivity contribution in [3.05, 3.63) is 34.5 Å². The maximum atomic E-state index is 17.4. The predicted octanol–water partition coefficient (Wildman–Crippen LogP) is 4.27. The number of hydrogen-bond acceptors (Lipinski definition) is 12. The van der Waals surface area contributed by atoms with Gasteiger partial charge in [-0.1, -0.05) is 0 Å². The van der Waals surface area contributed by atoms with Gasteiger partial charge in [-0.05, 0) is 43.4 Å². The molecule has 5 aliphatic rings. The lowest BCUT2D eigenvalue weighted by atomic mass is 9.93. The molecule has 256 valence electrons. The summed E-state index contributed by atoms with van der Waals surface area (Å²) in [5, 5.41) is 20.4. The third-order valence-corrected chi connectivity index (χ3v) is 12.3. The lowest BCUT2D eigenvalue weighted by Gasteiger charge is -2.42. The molecule has 4 saturated heterocycles. The number of benzene rings is 1. The van der Waals surface area contributed by atoms with E-state index in [0.717, 1.165) is 62.9 Å². The molecule has 3 N–H and O–H groups in total. The fourth-order valence-corrected chi connectivity index (χ4v) is 10.1. The molecule has 4 aromatic rings. The molecule has 4 atom stereocenters. The largest absolute Gasteiger partial charge is 0.461 e. The quantitative estimate of drug-likeness (QED) is 0.288. The van der Waals surface area contributed by atoms with Gasteiger partial charge < -0.3 is 25.2 Å². The van der Waals surface area contributed by atoms with E-state index in [-0.39, 0.29) is 81.9 Å². The van der Waals surface area contributed by atoms with Crippen LogP contribution in [0.5, 0.6) is 6.01 Å². The van der Waals surface area contributed by atoms with Crippen LogP contribution in [0.4, 0.5) is 24.0 Å². The van der Waals surface area contributed by atoms with Gasteiger partial charge in [-0.15, -0.1) is 11.3 Å². The van der Waals surface area contributed by atoms with Crippen molar-refractivity contribution in [2.75, 3.05) is 56.6 Å². The maximum Gasteiger partial charge on any atom is 0.319 e. The van der Waals surface area contributed by atoms with Gasteiger partial charge in [0, 0.05) is 55.6 Å². The molecule has 3 aromatic heterocycles. The van der Waals surface area contributed by atoms with Gasteiger partial charge in [0.15, 0.2) is 11.6 Å². The zero-order valence-corrected chi connectivity index (χ0v) is 27.5. The number of anilines is 2. The Balaban J connectivity index is 1.25. The number of β-amino-alcohol motifs (C(OH)–C–C–N with tert-alkyl or cyclic N) is 1. The summed E-state index contributed by atoms with van der Waals surface area (Å²) in [6.07, 6.45) is 4.03. The molecule has 15 heteroatoms. The molecule has 2 unspecified atom stereocenters. The summed E-state index contributed by atoms with van der Waals surface area (Å²) in [7, 11) is 0. The van der Waals surface area contributed by atoms with Crippen LogP contribution < -0.4 is 15.4 Å². The minimum absolute atomic E-state index is 0.00152. The Hall–Kier alpha value is -3.81. The summed E-state index contributed by atoms with van der Waals surface area (Å²) in [5.41, 5.74) is 7.18. The highest BCUT2D eigenvalue weighted by Gasteiger charge is 2.50. The Labute approximate surface area is 284 Å². The Bertz CT molecular complexity index is 2040. The fourth-order valence-electron chi connectivity index (χ4n) is 9.19. The molecular formula is C34H35F3N8O3S. The standard InChI is InChI=1S/C34H35F3N8O3S/c35-17-8-34(4-1-5-44(34)11-17)16-48-33-41-29-26(32(42-33)45-18-2-3-19(45)13-43(12-18)6-7-46)22-15-47-14-21(22)24(27(29)37)28-25-20(9-38)31(39)49-30(25)23(36)10-40-28/h10,17-19,46H,1-8,11-16,39H2/t17-,18?,19?,34+/m1/s1. The first-order chi connectivity index (χ1) is 23.8. The van der Waals surface area contributed by atoms with Gasteiger partial charge in [0.2, 0.25) is 0 Å². The second-order valence-electron chi connectivity index (χ2n) is 13.9. The molecule has 9 rings (SSSR count). The highest BCUT2D eigenvalue weighted by Crippen LogP contribution is 2.48. The van der Waals surface area contributed by atoms with Crippen LogP contribution in [-0.2, 0) is 18.0 Å². The number of nitrogens with zero attached hydrogens (tertiary/aromatic N) is 7. The highest BCUT2D eigenvalue weighted by atomic mass is 32.1. The van der Waals surface area contributed by atoms with E-state index in [9.17, 15) is 14.8 Å². The normalized spacial score (nSPS) is 26.6. The van der Waals surface area contributed by atoms with Crippen LogP contribution in [0.15, 0.2) is 6.20 Å². The number of ether oxygens (including phenoxy) is 2. The summed E-state index contributed by atoms with van der Waals surface area (Å²) in [4.78, 5) is 20.7.